The Kier molecular flexibility index (Phi) is 9.07. The second-order valence-corrected chi connectivity index (χ2v) is 14.0. The van der Waals surface area contributed by atoms with Crippen molar-refractivity contribution >= 4 is 17.5 Å². The summed E-state index contributed by atoms with van der Waals surface area (Å²) in [6, 6.07) is 31.6. The minimum absolute atomic E-state index is 0.0729. The van der Waals surface area contributed by atoms with E-state index in [1.807, 2.05) is 83.8 Å². The van der Waals surface area contributed by atoms with Crippen molar-refractivity contribution < 1.29 is 28.5 Å². The zero-order chi connectivity index (χ0) is 35.7. The van der Waals surface area contributed by atoms with Gasteiger partial charge in [0.1, 0.15) is 12.4 Å². The van der Waals surface area contributed by atoms with Gasteiger partial charge < -0.3 is 33.7 Å². The van der Waals surface area contributed by atoms with Gasteiger partial charge in [-0.3, -0.25) is 14.5 Å². The molecule has 270 valence electrons. The Morgan fingerprint density at radius 3 is 2.36 bits per heavy atom. The van der Waals surface area contributed by atoms with E-state index in [1.54, 1.807) is 0 Å². The average molecular weight is 711 g/mol. The number of anilines is 1. The molecule has 0 bridgehead atoms. The van der Waals surface area contributed by atoms with Crippen LogP contribution in [0.2, 0.25) is 0 Å². The monoisotopic (exact) mass is 710 g/mol. The molecule has 4 aliphatic heterocycles. The Morgan fingerprint density at radius 2 is 1.55 bits per heavy atom. The number of morpholine rings is 1. The van der Waals surface area contributed by atoms with E-state index >= 15 is 4.79 Å². The number of carbonyl (C=O) groups is 2. The highest BCUT2D eigenvalue weighted by Crippen LogP contribution is 2.42. The first-order valence-corrected chi connectivity index (χ1v) is 18.5. The van der Waals surface area contributed by atoms with Crippen LogP contribution < -0.4 is 19.5 Å². The van der Waals surface area contributed by atoms with Gasteiger partial charge in [-0.1, -0.05) is 54.6 Å². The van der Waals surface area contributed by atoms with Crippen LogP contribution in [0, 0.1) is 0 Å². The predicted octanol–water partition coefficient (Wildman–Crippen LogP) is 6.91. The highest BCUT2D eigenvalue weighted by molar-refractivity contribution is 6.07. The van der Waals surface area contributed by atoms with E-state index in [1.165, 1.54) is 5.56 Å². The van der Waals surface area contributed by atoms with Crippen molar-refractivity contribution in [2.45, 2.75) is 51.5 Å². The van der Waals surface area contributed by atoms with Gasteiger partial charge in [0.2, 0.25) is 6.79 Å². The van der Waals surface area contributed by atoms with Crippen LogP contribution in [0.25, 0.3) is 11.3 Å². The van der Waals surface area contributed by atoms with Gasteiger partial charge in [-0.25, -0.2) is 0 Å². The van der Waals surface area contributed by atoms with Crippen molar-refractivity contribution in [1.29, 1.82) is 0 Å². The van der Waals surface area contributed by atoms with E-state index in [9.17, 15) is 4.79 Å². The van der Waals surface area contributed by atoms with E-state index < -0.39 is 0 Å². The lowest BCUT2D eigenvalue weighted by atomic mass is 9.94. The second-order valence-electron chi connectivity index (χ2n) is 14.0. The lowest BCUT2D eigenvalue weighted by molar-refractivity contribution is -0.0323. The molecular formula is C43H42N4O6. The topological polar surface area (TPSA) is 94.5 Å². The molecule has 9 rings (SSSR count). The van der Waals surface area contributed by atoms with Gasteiger partial charge in [0.05, 0.1) is 30.5 Å². The van der Waals surface area contributed by atoms with Crippen LogP contribution in [0.3, 0.4) is 0 Å². The van der Waals surface area contributed by atoms with Crippen LogP contribution in [0.4, 0.5) is 5.69 Å². The lowest BCUT2D eigenvalue weighted by Crippen LogP contribution is -2.56. The molecule has 1 fully saturated rings. The van der Waals surface area contributed by atoms with Crippen molar-refractivity contribution in [2.24, 2.45) is 0 Å². The number of amides is 2. The van der Waals surface area contributed by atoms with Crippen molar-refractivity contribution in [2.75, 3.05) is 38.4 Å². The summed E-state index contributed by atoms with van der Waals surface area (Å²) in [5.74, 6) is 1.61. The summed E-state index contributed by atoms with van der Waals surface area (Å²) >= 11 is 0. The van der Waals surface area contributed by atoms with Crippen molar-refractivity contribution in [3.63, 3.8) is 0 Å². The minimum atomic E-state index is -0.187. The molecule has 5 aromatic rings. The first-order chi connectivity index (χ1) is 26.1. The Labute approximate surface area is 308 Å². The molecule has 53 heavy (non-hydrogen) atoms. The Morgan fingerprint density at radius 1 is 0.792 bits per heavy atom. The molecule has 4 aromatic carbocycles. The van der Waals surface area contributed by atoms with Crippen LogP contribution in [0.15, 0.2) is 97.1 Å². The number of fused-ring (bicyclic) bond motifs is 3. The maximum Gasteiger partial charge on any atom is 0.257 e. The van der Waals surface area contributed by atoms with E-state index in [2.05, 4.69) is 33.0 Å². The zero-order valence-electron chi connectivity index (χ0n) is 29.6. The fraction of sp³-hybridized carbons (Fsp3) is 0.302. The van der Waals surface area contributed by atoms with Gasteiger partial charge in [-0.2, -0.15) is 0 Å². The number of aromatic nitrogens is 1. The number of benzene rings is 4. The first kappa shape index (κ1) is 33.3. The van der Waals surface area contributed by atoms with Crippen molar-refractivity contribution in [1.82, 2.24) is 14.4 Å². The Hall–Kier alpha value is -5.58. The third-order valence-electron chi connectivity index (χ3n) is 10.8. The Bertz CT molecular complexity index is 2140. The van der Waals surface area contributed by atoms with Gasteiger partial charge in [0, 0.05) is 55.2 Å². The summed E-state index contributed by atoms with van der Waals surface area (Å²) in [5.41, 5.74) is 7.88. The lowest BCUT2D eigenvalue weighted by Gasteiger charge is -2.44. The quantitative estimate of drug-likeness (QED) is 0.187. The minimum Gasteiger partial charge on any atom is -0.489 e. The molecule has 5 heterocycles. The second kappa shape index (κ2) is 14.4. The molecule has 0 unspecified atom stereocenters. The van der Waals surface area contributed by atoms with Crippen LogP contribution in [0.5, 0.6) is 17.2 Å². The van der Waals surface area contributed by atoms with Crippen LogP contribution in [0.1, 0.15) is 55.9 Å². The number of hydrogen-bond donors (Lipinski definition) is 1. The average Bonchev–Trinajstić information content (AvgIpc) is 3.85. The maximum absolute atomic E-state index is 15.0. The summed E-state index contributed by atoms with van der Waals surface area (Å²) in [4.78, 5) is 33.4. The highest BCUT2D eigenvalue weighted by Gasteiger charge is 2.37. The predicted molar refractivity (Wildman–Crippen MR) is 200 cm³/mol. The number of ether oxygens (including phenoxy) is 4. The van der Waals surface area contributed by atoms with Crippen molar-refractivity contribution in [3.8, 4) is 28.5 Å². The van der Waals surface area contributed by atoms with E-state index in [-0.39, 0.29) is 24.8 Å². The molecule has 0 radical (unpaired) electrons. The smallest absolute Gasteiger partial charge is 0.257 e. The van der Waals surface area contributed by atoms with Crippen LogP contribution in [-0.2, 0) is 37.3 Å². The summed E-state index contributed by atoms with van der Waals surface area (Å²) < 4.78 is 25.6. The molecule has 4 aliphatic rings. The van der Waals surface area contributed by atoms with Gasteiger partial charge in [0.15, 0.2) is 11.5 Å². The molecule has 2 amide bonds. The summed E-state index contributed by atoms with van der Waals surface area (Å²) in [5, 5.41) is 3.11. The molecule has 1 N–H and O–H groups in total. The Balaban J connectivity index is 1.04. The van der Waals surface area contributed by atoms with Gasteiger partial charge in [-0.15, -0.1) is 0 Å². The van der Waals surface area contributed by atoms with Gasteiger partial charge in [0.25, 0.3) is 11.8 Å². The third kappa shape index (κ3) is 6.64. The molecule has 0 aliphatic carbocycles. The summed E-state index contributed by atoms with van der Waals surface area (Å²) in [6.45, 7) is 4.62. The van der Waals surface area contributed by atoms with Gasteiger partial charge >= 0.3 is 0 Å². The highest BCUT2D eigenvalue weighted by atomic mass is 16.7. The van der Waals surface area contributed by atoms with E-state index in [0.29, 0.717) is 54.7 Å². The fourth-order valence-electron chi connectivity index (χ4n) is 8.07. The number of nitrogens with zero attached hydrogens (tertiary/aromatic N) is 3. The van der Waals surface area contributed by atoms with E-state index in [0.717, 1.165) is 79.1 Å². The normalized spacial score (nSPS) is 17.9. The SMILES string of the molecule is O=C(Nc1ccc(OCc2ccccc2)cc1)c1cc(-c2cc3c(cc2C(=O)N2Cc4ccccc4C[C@H]2N2CCOCC2)OCO3)n2c1CCCC2. The van der Waals surface area contributed by atoms with E-state index in [4.69, 9.17) is 18.9 Å². The number of hydrogen-bond acceptors (Lipinski definition) is 7. The summed E-state index contributed by atoms with van der Waals surface area (Å²) in [7, 11) is 0. The molecule has 0 spiro atoms. The summed E-state index contributed by atoms with van der Waals surface area (Å²) in [6.07, 6.45) is 3.36. The van der Waals surface area contributed by atoms with Crippen molar-refractivity contribution in [3.05, 3.63) is 131 Å². The standard InChI is InChI=1S/C43H42N4O6/c48-42(44-32-13-15-33(16-14-32)51-27-29-8-2-1-3-9-29)36-23-38(46-17-7-6-12-37(36)46)34-24-39-40(53-28-52-39)25-35(34)43(49)47-26-31-11-5-4-10-30(31)22-41(47)45-18-20-50-21-19-45/h1-5,8-11,13-16,23-25,41H,6-7,12,17-22,26-28H2,(H,44,48)/t41-/m0/s1. The van der Waals surface area contributed by atoms with Crippen LogP contribution >= 0.6 is 0 Å². The molecule has 0 saturated carbocycles. The number of nitrogens with one attached hydrogen (secondary N) is 1. The number of carbonyl (C=O) groups excluding carboxylic acids is 2. The molecule has 1 aromatic heterocycles. The maximum atomic E-state index is 15.0. The fourth-order valence-corrected chi connectivity index (χ4v) is 8.07. The molecule has 10 nitrogen and oxygen atoms in total. The van der Waals surface area contributed by atoms with Crippen LogP contribution in [-0.4, -0.2) is 65.4 Å². The largest absolute Gasteiger partial charge is 0.489 e. The molecule has 1 saturated heterocycles. The first-order valence-electron chi connectivity index (χ1n) is 18.5. The third-order valence-corrected chi connectivity index (χ3v) is 10.8. The van der Waals surface area contributed by atoms with Gasteiger partial charge in [-0.05, 0) is 78.4 Å². The molecule has 1 atom stereocenters. The molecule has 10 heteroatoms. The molecular weight excluding hydrogens is 668 g/mol. The zero-order valence-corrected chi connectivity index (χ0v) is 29.6. The number of rotatable bonds is 8.